The molecule has 0 bridgehead atoms. The summed E-state index contributed by atoms with van der Waals surface area (Å²) in [7, 11) is 1.51. The van der Waals surface area contributed by atoms with Gasteiger partial charge in [-0.1, -0.05) is 36.4 Å². The SMILES string of the molecule is COc1ccc2cn(C[C@@]3(c4ccc(-c5ccc(C(F)(F)F)cc5)cc4)NC(=O)NC3=O)c(O)c2c1. The van der Waals surface area contributed by atoms with Crippen molar-refractivity contribution in [1.82, 2.24) is 15.2 Å². The second-order valence-corrected chi connectivity index (χ2v) is 8.50. The number of amides is 3. The van der Waals surface area contributed by atoms with Crippen LogP contribution in [0.15, 0.2) is 72.9 Å². The Labute approximate surface area is 203 Å². The van der Waals surface area contributed by atoms with E-state index in [2.05, 4.69) is 10.6 Å². The van der Waals surface area contributed by atoms with Crippen LogP contribution in [-0.4, -0.2) is 28.7 Å². The van der Waals surface area contributed by atoms with Gasteiger partial charge in [-0.25, -0.2) is 4.79 Å². The minimum absolute atomic E-state index is 0.0985. The zero-order chi connectivity index (χ0) is 25.7. The van der Waals surface area contributed by atoms with Gasteiger partial charge in [-0.2, -0.15) is 13.2 Å². The fourth-order valence-corrected chi connectivity index (χ4v) is 4.42. The molecule has 0 unspecified atom stereocenters. The third-order valence-electron chi connectivity index (χ3n) is 6.34. The summed E-state index contributed by atoms with van der Waals surface area (Å²) in [6.07, 6.45) is -2.76. The van der Waals surface area contributed by atoms with Crippen LogP contribution >= 0.6 is 0 Å². The summed E-state index contributed by atoms with van der Waals surface area (Å²) in [6, 6.07) is 15.8. The fraction of sp³-hybridized carbons (Fsp3) is 0.154. The highest BCUT2D eigenvalue weighted by Crippen LogP contribution is 2.36. The van der Waals surface area contributed by atoms with Gasteiger partial charge in [0, 0.05) is 17.0 Å². The molecule has 0 aliphatic carbocycles. The van der Waals surface area contributed by atoms with Crippen LogP contribution in [0.4, 0.5) is 18.0 Å². The van der Waals surface area contributed by atoms with Crippen LogP contribution in [0, 0.1) is 0 Å². The summed E-state index contributed by atoms with van der Waals surface area (Å²) in [4.78, 5) is 25.2. The number of halogens is 3. The number of hydrogen-bond acceptors (Lipinski definition) is 4. The van der Waals surface area contributed by atoms with Crippen LogP contribution in [0.3, 0.4) is 0 Å². The van der Waals surface area contributed by atoms with Crippen molar-refractivity contribution >= 4 is 22.7 Å². The average Bonchev–Trinajstić information content (AvgIpc) is 3.33. The Hall–Kier alpha value is -4.47. The molecule has 184 valence electrons. The lowest BCUT2D eigenvalue weighted by atomic mass is 9.88. The topological polar surface area (TPSA) is 92.6 Å². The maximum Gasteiger partial charge on any atom is 0.416 e. The van der Waals surface area contributed by atoms with Crippen LogP contribution in [-0.2, 0) is 23.1 Å². The number of carbonyl (C=O) groups excluding carboxylic acids is 2. The number of urea groups is 1. The van der Waals surface area contributed by atoms with Crippen molar-refractivity contribution in [3.63, 3.8) is 0 Å². The molecule has 4 aromatic rings. The maximum atomic E-state index is 13.0. The van der Waals surface area contributed by atoms with Crippen molar-refractivity contribution in [2.45, 2.75) is 18.3 Å². The van der Waals surface area contributed by atoms with Gasteiger partial charge in [0.05, 0.1) is 19.2 Å². The van der Waals surface area contributed by atoms with E-state index in [4.69, 9.17) is 4.74 Å². The molecule has 0 radical (unpaired) electrons. The van der Waals surface area contributed by atoms with Gasteiger partial charge in [0.2, 0.25) is 0 Å². The second-order valence-electron chi connectivity index (χ2n) is 8.50. The normalized spacial score (nSPS) is 17.8. The molecule has 1 aliphatic rings. The number of ether oxygens (including phenoxy) is 1. The number of methoxy groups -OCH3 is 1. The Morgan fingerprint density at radius 1 is 0.972 bits per heavy atom. The summed E-state index contributed by atoms with van der Waals surface area (Å²) < 4.78 is 45.3. The minimum atomic E-state index is -4.43. The first-order valence-corrected chi connectivity index (χ1v) is 10.9. The maximum absolute atomic E-state index is 13.0. The largest absolute Gasteiger partial charge is 0.497 e. The van der Waals surface area contributed by atoms with E-state index in [1.165, 1.54) is 23.8 Å². The molecule has 10 heteroatoms. The number of nitrogens with zero attached hydrogens (tertiary/aromatic N) is 1. The minimum Gasteiger partial charge on any atom is -0.497 e. The zero-order valence-electron chi connectivity index (χ0n) is 18.9. The highest BCUT2D eigenvalue weighted by molar-refractivity contribution is 6.07. The summed E-state index contributed by atoms with van der Waals surface area (Å²) in [5.41, 5.74) is -0.632. The lowest BCUT2D eigenvalue weighted by Gasteiger charge is -2.27. The number of carbonyl (C=O) groups is 2. The Morgan fingerprint density at radius 2 is 1.61 bits per heavy atom. The molecule has 1 saturated heterocycles. The number of benzene rings is 3. The molecule has 36 heavy (non-hydrogen) atoms. The van der Waals surface area contributed by atoms with E-state index in [1.807, 2.05) is 0 Å². The van der Waals surface area contributed by atoms with E-state index >= 15 is 0 Å². The highest BCUT2D eigenvalue weighted by Gasteiger charge is 2.48. The molecule has 1 aromatic heterocycles. The van der Waals surface area contributed by atoms with E-state index in [0.717, 1.165) is 12.1 Å². The Kier molecular flexibility index (Phi) is 5.39. The fourth-order valence-electron chi connectivity index (χ4n) is 4.42. The van der Waals surface area contributed by atoms with Gasteiger partial charge in [-0.05, 0) is 47.0 Å². The van der Waals surface area contributed by atoms with Crippen LogP contribution in [0.2, 0.25) is 0 Å². The first-order chi connectivity index (χ1) is 17.1. The van der Waals surface area contributed by atoms with Gasteiger partial charge >= 0.3 is 12.2 Å². The predicted molar refractivity (Wildman–Crippen MR) is 125 cm³/mol. The van der Waals surface area contributed by atoms with E-state index in [0.29, 0.717) is 33.2 Å². The van der Waals surface area contributed by atoms with E-state index in [1.54, 1.807) is 48.7 Å². The van der Waals surface area contributed by atoms with Gasteiger partial charge in [-0.3, -0.25) is 10.1 Å². The molecule has 3 N–H and O–H groups in total. The third kappa shape index (κ3) is 3.90. The lowest BCUT2D eigenvalue weighted by molar-refractivity contribution is -0.137. The van der Waals surface area contributed by atoms with Crippen LogP contribution in [0.5, 0.6) is 11.6 Å². The number of rotatable bonds is 5. The van der Waals surface area contributed by atoms with Gasteiger partial charge in [-0.15, -0.1) is 0 Å². The molecule has 0 saturated carbocycles. The predicted octanol–water partition coefficient (Wildman–Crippen LogP) is 4.78. The molecular formula is C26H20F3N3O4. The van der Waals surface area contributed by atoms with Crippen LogP contribution < -0.4 is 15.4 Å². The summed E-state index contributed by atoms with van der Waals surface area (Å²) in [6.45, 7) is -0.104. The van der Waals surface area contributed by atoms with E-state index < -0.39 is 29.2 Å². The zero-order valence-corrected chi connectivity index (χ0v) is 18.9. The standard InChI is InChI=1S/C26H20F3N3O4/c1-36-20-11-6-17-13-32(22(33)21(17)12-20)14-25(23(34)30-24(35)31-25)18-7-2-15(3-8-18)16-4-9-19(10-5-16)26(27,28)29/h2-13,33H,14H2,1H3,(H2,30,31,34,35)/t25-/m0/s1. The van der Waals surface area contributed by atoms with Crippen molar-refractivity contribution in [3.8, 4) is 22.8 Å². The number of nitrogens with one attached hydrogen (secondary N) is 2. The molecule has 2 heterocycles. The number of alkyl halides is 3. The third-order valence-corrected chi connectivity index (χ3v) is 6.34. The van der Waals surface area contributed by atoms with Crippen molar-refractivity contribution in [3.05, 3.63) is 84.1 Å². The van der Waals surface area contributed by atoms with Crippen LogP contribution in [0.1, 0.15) is 11.1 Å². The monoisotopic (exact) mass is 495 g/mol. The van der Waals surface area contributed by atoms with Crippen molar-refractivity contribution in [1.29, 1.82) is 0 Å². The van der Waals surface area contributed by atoms with Crippen molar-refractivity contribution in [2.75, 3.05) is 7.11 Å². The van der Waals surface area contributed by atoms with Gasteiger partial charge in [0.1, 0.15) is 5.75 Å². The van der Waals surface area contributed by atoms with E-state index in [-0.39, 0.29) is 12.4 Å². The van der Waals surface area contributed by atoms with Crippen molar-refractivity contribution in [2.24, 2.45) is 0 Å². The average molecular weight is 495 g/mol. The van der Waals surface area contributed by atoms with Gasteiger partial charge in [0.15, 0.2) is 11.4 Å². The van der Waals surface area contributed by atoms with Crippen molar-refractivity contribution < 1.29 is 32.6 Å². The van der Waals surface area contributed by atoms with Gasteiger partial charge in [0.25, 0.3) is 5.91 Å². The summed E-state index contributed by atoms with van der Waals surface area (Å²) in [5, 5.41) is 17.0. The molecule has 1 aliphatic heterocycles. The number of hydrogen-bond donors (Lipinski definition) is 3. The quantitative estimate of drug-likeness (QED) is 0.348. The summed E-state index contributed by atoms with van der Waals surface area (Å²) >= 11 is 0. The number of aromatic nitrogens is 1. The summed E-state index contributed by atoms with van der Waals surface area (Å²) in [5.74, 6) is -0.140. The highest BCUT2D eigenvalue weighted by atomic mass is 19.4. The Bertz CT molecular complexity index is 1480. The molecule has 7 nitrogen and oxygen atoms in total. The number of imide groups is 1. The Morgan fingerprint density at radius 3 is 2.17 bits per heavy atom. The first-order valence-electron chi connectivity index (χ1n) is 10.9. The molecule has 0 spiro atoms. The molecular weight excluding hydrogens is 475 g/mol. The number of aromatic hydroxyl groups is 1. The van der Waals surface area contributed by atoms with E-state index in [9.17, 15) is 27.9 Å². The molecule has 1 atom stereocenters. The lowest BCUT2D eigenvalue weighted by Crippen LogP contribution is -2.47. The van der Waals surface area contributed by atoms with Gasteiger partial charge < -0.3 is 19.7 Å². The molecule has 1 fully saturated rings. The molecule has 5 rings (SSSR count). The molecule has 3 aromatic carbocycles. The smallest absolute Gasteiger partial charge is 0.416 e. The Balaban J connectivity index is 1.51. The number of fused-ring (bicyclic) bond motifs is 1. The van der Waals surface area contributed by atoms with Crippen LogP contribution in [0.25, 0.3) is 21.9 Å². The second kappa shape index (κ2) is 8.33. The first kappa shape index (κ1) is 23.3. The molecule has 3 amide bonds.